The molecule has 2 rings (SSSR count). The minimum atomic E-state index is -0.0817. The summed E-state index contributed by atoms with van der Waals surface area (Å²) in [5, 5.41) is 4.25. The van der Waals surface area contributed by atoms with Crippen LogP contribution in [0.25, 0.3) is 0 Å². The van der Waals surface area contributed by atoms with Gasteiger partial charge in [0.1, 0.15) is 0 Å². The van der Waals surface area contributed by atoms with Crippen LogP contribution in [0.4, 0.5) is 5.69 Å². The number of rotatable bonds is 5. The quantitative estimate of drug-likeness (QED) is 0.793. The number of methoxy groups -OCH3 is 1. The summed E-state index contributed by atoms with van der Waals surface area (Å²) in [6.45, 7) is 3.97. The molecule has 1 aromatic heterocycles. The maximum absolute atomic E-state index is 12.8. The Morgan fingerprint density at radius 2 is 2.05 bits per heavy atom. The van der Waals surface area contributed by atoms with Crippen molar-refractivity contribution in [1.82, 2.24) is 9.78 Å². The van der Waals surface area contributed by atoms with Crippen LogP contribution < -0.4 is 9.64 Å². The monoisotopic (exact) mass is 287 g/mol. The Kier molecular flexibility index (Phi) is 4.31. The fourth-order valence-electron chi connectivity index (χ4n) is 2.17. The van der Waals surface area contributed by atoms with Gasteiger partial charge in [0, 0.05) is 31.4 Å². The number of carbonyl (C=O) groups is 1. The van der Waals surface area contributed by atoms with Gasteiger partial charge in [-0.25, -0.2) is 0 Å². The minimum Gasteiger partial charge on any atom is -0.493 e. The second-order valence-corrected chi connectivity index (χ2v) is 5.37. The van der Waals surface area contributed by atoms with Crippen molar-refractivity contribution in [3.8, 4) is 5.75 Å². The van der Waals surface area contributed by atoms with Crippen molar-refractivity contribution in [2.45, 2.75) is 19.9 Å². The van der Waals surface area contributed by atoms with E-state index in [0.29, 0.717) is 17.0 Å². The summed E-state index contributed by atoms with van der Waals surface area (Å²) in [6, 6.07) is 7.62. The molecular formula is C16H21N3O2. The van der Waals surface area contributed by atoms with Gasteiger partial charge in [-0.15, -0.1) is 0 Å². The molecule has 0 atom stereocenters. The van der Waals surface area contributed by atoms with Crippen LogP contribution >= 0.6 is 0 Å². The van der Waals surface area contributed by atoms with Crippen molar-refractivity contribution in [3.05, 3.63) is 41.7 Å². The molecule has 2 aromatic rings. The SMILES string of the molecule is COc1cnn(C(C)C)c1C(=O)c1cccc(N(C)C)c1. The molecule has 21 heavy (non-hydrogen) atoms. The van der Waals surface area contributed by atoms with Gasteiger partial charge in [0.25, 0.3) is 0 Å². The van der Waals surface area contributed by atoms with Crippen molar-refractivity contribution in [2.24, 2.45) is 0 Å². The van der Waals surface area contributed by atoms with Crippen LogP contribution in [0.5, 0.6) is 5.75 Å². The molecule has 1 aromatic carbocycles. The molecule has 0 spiro atoms. The lowest BCUT2D eigenvalue weighted by atomic mass is 10.1. The predicted molar refractivity (Wildman–Crippen MR) is 83.4 cm³/mol. The van der Waals surface area contributed by atoms with E-state index in [0.717, 1.165) is 5.69 Å². The number of hydrogen-bond donors (Lipinski definition) is 0. The second kappa shape index (κ2) is 5.99. The Labute approximate surface area is 125 Å². The Balaban J connectivity index is 2.49. The van der Waals surface area contributed by atoms with Crippen LogP contribution in [0.1, 0.15) is 35.9 Å². The van der Waals surface area contributed by atoms with Crippen molar-refractivity contribution < 1.29 is 9.53 Å². The van der Waals surface area contributed by atoms with Crippen molar-refractivity contribution in [2.75, 3.05) is 26.1 Å². The van der Waals surface area contributed by atoms with Gasteiger partial charge in [-0.2, -0.15) is 5.10 Å². The van der Waals surface area contributed by atoms with E-state index in [-0.39, 0.29) is 11.8 Å². The van der Waals surface area contributed by atoms with E-state index in [1.807, 2.05) is 57.1 Å². The summed E-state index contributed by atoms with van der Waals surface area (Å²) < 4.78 is 6.98. The number of ether oxygens (including phenoxy) is 1. The Bertz CT molecular complexity index is 645. The summed E-state index contributed by atoms with van der Waals surface area (Å²) in [6.07, 6.45) is 1.59. The molecule has 5 heteroatoms. The van der Waals surface area contributed by atoms with E-state index in [1.165, 1.54) is 0 Å². The summed E-state index contributed by atoms with van der Waals surface area (Å²) in [5.74, 6) is 0.422. The van der Waals surface area contributed by atoms with Crippen LogP contribution in [-0.2, 0) is 0 Å². The van der Waals surface area contributed by atoms with Crippen LogP contribution in [0.2, 0.25) is 0 Å². The van der Waals surface area contributed by atoms with E-state index in [1.54, 1.807) is 18.0 Å². The average Bonchev–Trinajstić information content (AvgIpc) is 2.90. The van der Waals surface area contributed by atoms with Gasteiger partial charge < -0.3 is 9.64 Å². The molecule has 0 fully saturated rings. The topological polar surface area (TPSA) is 47.4 Å². The molecule has 1 heterocycles. The van der Waals surface area contributed by atoms with Gasteiger partial charge in [-0.3, -0.25) is 9.48 Å². The van der Waals surface area contributed by atoms with Gasteiger partial charge >= 0.3 is 0 Å². The number of carbonyl (C=O) groups excluding carboxylic acids is 1. The molecule has 0 saturated carbocycles. The number of nitrogens with zero attached hydrogens (tertiary/aromatic N) is 3. The lowest BCUT2D eigenvalue weighted by Gasteiger charge is -2.14. The maximum Gasteiger partial charge on any atom is 0.214 e. The van der Waals surface area contributed by atoms with E-state index in [4.69, 9.17) is 4.74 Å². The van der Waals surface area contributed by atoms with E-state index < -0.39 is 0 Å². The minimum absolute atomic E-state index is 0.0817. The first-order chi connectivity index (χ1) is 9.95. The molecule has 0 aliphatic rings. The van der Waals surface area contributed by atoms with Gasteiger partial charge in [-0.1, -0.05) is 12.1 Å². The van der Waals surface area contributed by atoms with Crippen molar-refractivity contribution in [1.29, 1.82) is 0 Å². The maximum atomic E-state index is 12.8. The van der Waals surface area contributed by atoms with E-state index in [2.05, 4.69) is 5.10 Å². The normalized spacial score (nSPS) is 10.8. The highest BCUT2D eigenvalue weighted by Gasteiger charge is 2.22. The summed E-state index contributed by atoms with van der Waals surface area (Å²) >= 11 is 0. The lowest BCUT2D eigenvalue weighted by Crippen LogP contribution is -2.15. The lowest BCUT2D eigenvalue weighted by molar-refractivity contribution is 0.102. The highest BCUT2D eigenvalue weighted by atomic mass is 16.5. The molecule has 0 bridgehead atoms. The fourth-order valence-corrected chi connectivity index (χ4v) is 2.17. The zero-order chi connectivity index (χ0) is 15.6. The Morgan fingerprint density at radius 3 is 2.62 bits per heavy atom. The van der Waals surface area contributed by atoms with Gasteiger partial charge in [0.05, 0.1) is 13.3 Å². The second-order valence-electron chi connectivity index (χ2n) is 5.37. The Hall–Kier alpha value is -2.30. The highest BCUT2D eigenvalue weighted by molar-refractivity contribution is 6.10. The first-order valence-corrected chi connectivity index (χ1v) is 6.89. The molecular weight excluding hydrogens is 266 g/mol. The number of aromatic nitrogens is 2. The molecule has 0 N–H and O–H groups in total. The van der Waals surface area contributed by atoms with Crippen LogP contribution in [-0.4, -0.2) is 36.8 Å². The molecule has 0 aliphatic heterocycles. The zero-order valence-electron chi connectivity index (χ0n) is 13.1. The summed E-state index contributed by atoms with van der Waals surface area (Å²) in [7, 11) is 5.44. The molecule has 0 saturated heterocycles. The molecule has 0 radical (unpaired) electrons. The first kappa shape index (κ1) is 15.1. The van der Waals surface area contributed by atoms with Crippen molar-refractivity contribution >= 4 is 11.5 Å². The largest absolute Gasteiger partial charge is 0.493 e. The standard InChI is InChI=1S/C16H21N3O2/c1-11(2)19-15(14(21-5)10-17-19)16(20)12-7-6-8-13(9-12)18(3)4/h6-11H,1-5H3. The zero-order valence-corrected chi connectivity index (χ0v) is 13.1. The summed E-state index contributed by atoms with van der Waals surface area (Å²) in [5.41, 5.74) is 2.10. The van der Waals surface area contributed by atoms with Crippen LogP contribution in [0.15, 0.2) is 30.5 Å². The predicted octanol–water partition coefficient (Wildman–Crippen LogP) is 2.77. The number of hydrogen-bond acceptors (Lipinski definition) is 4. The molecule has 0 aliphatic carbocycles. The highest BCUT2D eigenvalue weighted by Crippen LogP contribution is 2.25. The summed E-state index contributed by atoms with van der Waals surface area (Å²) in [4.78, 5) is 14.8. The number of benzene rings is 1. The van der Waals surface area contributed by atoms with Gasteiger partial charge in [0.15, 0.2) is 11.4 Å². The third-order valence-corrected chi connectivity index (χ3v) is 3.31. The molecule has 0 amide bonds. The average molecular weight is 287 g/mol. The number of anilines is 1. The molecule has 5 nitrogen and oxygen atoms in total. The smallest absolute Gasteiger partial charge is 0.214 e. The van der Waals surface area contributed by atoms with Gasteiger partial charge in [-0.05, 0) is 26.0 Å². The third kappa shape index (κ3) is 2.91. The number of ketones is 1. The van der Waals surface area contributed by atoms with E-state index >= 15 is 0 Å². The molecule has 0 unspecified atom stereocenters. The fraction of sp³-hybridized carbons (Fsp3) is 0.375. The van der Waals surface area contributed by atoms with Crippen LogP contribution in [0, 0.1) is 0 Å². The molecule has 112 valence electrons. The third-order valence-electron chi connectivity index (χ3n) is 3.31. The first-order valence-electron chi connectivity index (χ1n) is 6.89. The van der Waals surface area contributed by atoms with Gasteiger partial charge in [0.2, 0.25) is 5.78 Å². The Morgan fingerprint density at radius 1 is 1.33 bits per heavy atom. The van der Waals surface area contributed by atoms with Crippen molar-refractivity contribution in [3.63, 3.8) is 0 Å². The van der Waals surface area contributed by atoms with E-state index in [9.17, 15) is 4.79 Å². The van der Waals surface area contributed by atoms with Crippen LogP contribution in [0.3, 0.4) is 0 Å².